The Bertz CT molecular complexity index is 742. The van der Waals surface area contributed by atoms with Crippen LogP contribution in [0.25, 0.3) is 0 Å². The van der Waals surface area contributed by atoms with Crippen molar-refractivity contribution in [2.24, 2.45) is 11.7 Å². The average Bonchev–Trinajstić information content (AvgIpc) is 2.79. The molecule has 0 aromatic heterocycles. The van der Waals surface area contributed by atoms with Gasteiger partial charge < -0.3 is 15.7 Å². The van der Waals surface area contributed by atoms with Crippen LogP contribution in [-0.2, 0) is 9.59 Å². The lowest BCUT2D eigenvalue weighted by Crippen LogP contribution is -2.35. The highest BCUT2D eigenvalue weighted by Gasteiger charge is 2.43. The number of carbonyl (C=O) groups excluding carboxylic acids is 2. The Morgan fingerprint density at radius 2 is 2.12 bits per heavy atom. The maximum atomic E-state index is 12.6. The van der Waals surface area contributed by atoms with E-state index in [2.05, 4.69) is 0 Å². The van der Waals surface area contributed by atoms with Crippen LogP contribution < -0.4 is 5.73 Å². The zero-order valence-electron chi connectivity index (χ0n) is 14.1. The number of ketones is 1. The second-order valence-corrected chi connectivity index (χ2v) is 6.33. The number of hydrogen-bond acceptors (Lipinski definition) is 6. The van der Waals surface area contributed by atoms with Gasteiger partial charge in [0.1, 0.15) is 0 Å². The van der Waals surface area contributed by atoms with Crippen LogP contribution >= 0.6 is 0 Å². The molecule has 134 valence electrons. The molecule has 1 aliphatic heterocycles. The van der Waals surface area contributed by atoms with Crippen molar-refractivity contribution < 1.29 is 19.6 Å². The van der Waals surface area contributed by atoms with Gasteiger partial charge in [-0.25, -0.2) is 0 Å². The number of rotatable bonds is 7. The molecular formula is C17H21N3O5. The molecular weight excluding hydrogens is 326 g/mol. The van der Waals surface area contributed by atoms with Crippen LogP contribution in [0, 0.1) is 16.0 Å². The number of amides is 1. The molecule has 0 saturated heterocycles. The number of benzene rings is 1. The van der Waals surface area contributed by atoms with E-state index in [-0.39, 0.29) is 42.5 Å². The lowest BCUT2D eigenvalue weighted by Gasteiger charge is -2.26. The first-order valence-electron chi connectivity index (χ1n) is 7.99. The molecule has 0 radical (unpaired) electrons. The Kier molecular flexibility index (Phi) is 5.53. The molecule has 1 aromatic rings. The molecule has 1 amide bonds. The number of non-ortho nitro benzene ring substituents is 1. The number of aliphatic hydroxyl groups is 1. The summed E-state index contributed by atoms with van der Waals surface area (Å²) in [5.41, 5.74) is 5.77. The van der Waals surface area contributed by atoms with Crippen LogP contribution in [0.2, 0.25) is 0 Å². The fourth-order valence-electron chi connectivity index (χ4n) is 2.94. The molecule has 1 aliphatic rings. The van der Waals surface area contributed by atoms with Crippen molar-refractivity contribution in [3.05, 3.63) is 51.3 Å². The maximum Gasteiger partial charge on any atom is 0.290 e. The van der Waals surface area contributed by atoms with E-state index in [9.17, 15) is 24.8 Å². The molecule has 1 unspecified atom stereocenters. The van der Waals surface area contributed by atoms with Crippen LogP contribution in [-0.4, -0.2) is 39.7 Å². The Balaban J connectivity index is 2.54. The summed E-state index contributed by atoms with van der Waals surface area (Å²) in [4.78, 5) is 36.7. The van der Waals surface area contributed by atoms with Gasteiger partial charge in [0.15, 0.2) is 11.5 Å². The Morgan fingerprint density at radius 1 is 1.44 bits per heavy atom. The minimum absolute atomic E-state index is 0.0207. The summed E-state index contributed by atoms with van der Waals surface area (Å²) >= 11 is 0. The lowest BCUT2D eigenvalue weighted by molar-refractivity contribution is -0.384. The molecule has 25 heavy (non-hydrogen) atoms. The van der Waals surface area contributed by atoms with Crippen LogP contribution in [0.1, 0.15) is 31.9 Å². The first kappa shape index (κ1) is 18.6. The molecule has 3 N–H and O–H groups in total. The number of carbonyl (C=O) groups is 2. The number of nitro benzene ring substituents is 1. The predicted octanol–water partition coefficient (Wildman–Crippen LogP) is 1.86. The molecule has 0 saturated carbocycles. The van der Waals surface area contributed by atoms with Crippen molar-refractivity contribution in [3.8, 4) is 0 Å². The summed E-state index contributed by atoms with van der Waals surface area (Å²) in [5, 5.41) is 21.3. The van der Waals surface area contributed by atoms with E-state index in [0.29, 0.717) is 5.56 Å². The number of nitro groups is 1. The average molecular weight is 347 g/mol. The van der Waals surface area contributed by atoms with Crippen molar-refractivity contribution in [2.45, 2.75) is 26.3 Å². The summed E-state index contributed by atoms with van der Waals surface area (Å²) < 4.78 is 0. The molecule has 0 aliphatic carbocycles. The van der Waals surface area contributed by atoms with Gasteiger partial charge in [-0.3, -0.25) is 19.7 Å². The number of nitrogens with two attached hydrogens (primary N) is 1. The number of hydrogen-bond donors (Lipinski definition) is 2. The zero-order chi connectivity index (χ0) is 18.7. The molecule has 0 fully saturated rings. The van der Waals surface area contributed by atoms with Crippen molar-refractivity contribution in [1.29, 1.82) is 0 Å². The minimum atomic E-state index is -0.873. The van der Waals surface area contributed by atoms with Crippen LogP contribution in [0.4, 0.5) is 5.69 Å². The quantitative estimate of drug-likeness (QED) is 0.572. The minimum Gasteiger partial charge on any atom is -0.503 e. The SMILES string of the molecule is CC(C)CC(=O)C1=C(O)C(=O)N(CCN)C1c1cccc([N+](=O)[O-])c1. The van der Waals surface area contributed by atoms with Crippen LogP contribution in [0.5, 0.6) is 0 Å². The van der Waals surface area contributed by atoms with Gasteiger partial charge in [-0.05, 0) is 11.5 Å². The second-order valence-electron chi connectivity index (χ2n) is 6.33. The molecule has 1 heterocycles. The van der Waals surface area contributed by atoms with Crippen molar-refractivity contribution >= 4 is 17.4 Å². The molecule has 1 atom stereocenters. The number of Topliss-reactive ketones (excluding diaryl/α,β-unsaturated/α-hetero) is 1. The van der Waals surface area contributed by atoms with Gasteiger partial charge in [-0.1, -0.05) is 26.0 Å². The van der Waals surface area contributed by atoms with E-state index >= 15 is 0 Å². The maximum absolute atomic E-state index is 12.6. The normalized spacial score (nSPS) is 17.5. The third kappa shape index (κ3) is 3.69. The van der Waals surface area contributed by atoms with Gasteiger partial charge in [0, 0.05) is 31.6 Å². The van der Waals surface area contributed by atoms with Gasteiger partial charge in [-0.15, -0.1) is 0 Å². The molecule has 8 nitrogen and oxygen atoms in total. The second kappa shape index (κ2) is 7.43. The monoisotopic (exact) mass is 347 g/mol. The van der Waals surface area contributed by atoms with Crippen molar-refractivity contribution in [2.75, 3.05) is 13.1 Å². The Hall–Kier alpha value is -2.74. The molecule has 1 aromatic carbocycles. The van der Waals surface area contributed by atoms with E-state index in [0.717, 1.165) is 0 Å². The van der Waals surface area contributed by atoms with Gasteiger partial charge in [0.05, 0.1) is 16.5 Å². The van der Waals surface area contributed by atoms with Crippen molar-refractivity contribution in [3.63, 3.8) is 0 Å². The topological polar surface area (TPSA) is 127 Å². The lowest BCUT2D eigenvalue weighted by atomic mass is 9.92. The highest BCUT2D eigenvalue weighted by molar-refractivity contribution is 6.09. The van der Waals surface area contributed by atoms with Gasteiger partial charge in [0.2, 0.25) is 0 Å². The van der Waals surface area contributed by atoms with Crippen LogP contribution in [0.3, 0.4) is 0 Å². The molecule has 0 bridgehead atoms. The van der Waals surface area contributed by atoms with Gasteiger partial charge in [-0.2, -0.15) is 0 Å². The highest BCUT2D eigenvalue weighted by Crippen LogP contribution is 2.39. The first-order chi connectivity index (χ1) is 11.8. The van der Waals surface area contributed by atoms with Gasteiger partial charge >= 0.3 is 0 Å². The fourth-order valence-corrected chi connectivity index (χ4v) is 2.94. The van der Waals surface area contributed by atoms with Crippen molar-refractivity contribution in [1.82, 2.24) is 4.90 Å². The first-order valence-corrected chi connectivity index (χ1v) is 7.99. The van der Waals surface area contributed by atoms with E-state index in [1.165, 1.54) is 23.1 Å². The van der Waals surface area contributed by atoms with E-state index in [1.807, 2.05) is 13.8 Å². The highest BCUT2D eigenvalue weighted by atomic mass is 16.6. The zero-order valence-corrected chi connectivity index (χ0v) is 14.1. The number of aliphatic hydroxyl groups excluding tert-OH is 1. The summed E-state index contributed by atoms with van der Waals surface area (Å²) in [6.45, 7) is 3.96. The Morgan fingerprint density at radius 3 is 2.68 bits per heavy atom. The summed E-state index contributed by atoms with van der Waals surface area (Å²) in [6, 6.07) is 4.84. The molecule has 2 rings (SSSR count). The smallest absolute Gasteiger partial charge is 0.290 e. The van der Waals surface area contributed by atoms with E-state index in [1.54, 1.807) is 6.07 Å². The standard InChI is InChI=1S/C17H21N3O5/c1-10(2)8-13(21)14-15(19(7-6-18)17(23)16(14)22)11-4-3-5-12(9-11)20(24)25/h3-5,9-10,15,22H,6-8,18H2,1-2H3. The summed E-state index contributed by atoms with van der Waals surface area (Å²) in [6.07, 6.45) is 0.161. The third-order valence-electron chi connectivity index (χ3n) is 3.96. The molecule has 0 spiro atoms. The fraction of sp³-hybridized carbons (Fsp3) is 0.412. The largest absolute Gasteiger partial charge is 0.503 e. The van der Waals surface area contributed by atoms with E-state index < -0.39 is 22.6 Å². The third-order valence-corrected chi connectivity index (χ3v) is 3.96. The molecule has 8 heteroatoms. The predicted molar refractivity (Wildman–Crippen MR) is 90.7 cm³/mol. The number of nitrogens with zero attached hydrogens (tertiary/aromatic N) is 2. The summed E-state index contributed by atoms with van der Waals surface area (Å²) in [5.74, 6) is -1.60. The Labute approximate surface area is 145 Å². The van der Waals surface area contributed by atoms with E-state index in [4.69, 9.17) is 5.73 Å². The van der Waals surface area contributed by atoms with Gasteiger partial charge in [0.25, 0.3) is 11.6 Å². The van der Waals surface area contributed by atoms with Crippen LogP contribution in [0.15, 0.2) is 35.6 Å². The summed E-state index contributed by atoms with van der Waals surface area (Å²) in [7, 11) is 0.